The number of halogens is 2. The van der Waals surface area contributed by atoms with E-state index in [2.05, 4.69) is 40.1 Å². The summed E-state index contributed by atoms with van der Waals surface area (Å²) in [6.45, 7) is 4.11. The van der Waals surface area contributed by atoms with Crippen molar-refractivity contribution in [2.24, 2.45) is 5.92 Å². The first kappa shape index (κ1) is 16.1. The molecule has 0 saturated heterocycles. The number of hydrogen-bond acceptors (Lipinski definition) is 2. The van der Waals surface area contributed by atoms with Crippen LogP contribution in [0.25, 0.3) is 11.3 Å². The number of pyridine rings is 1. The quantitative estimate of drug-likeness (QED) is 0.794. The van der Waals surface area contributed by atoms with Gasteiger partial charge in [-0.15, -0.1) is 0 Å². The van der Waals surface area contributed by atoms with E-state index in [4.69, 9.17) is 0 Å². The predicted molar refractivity (Wildman–Crippen MR) is 91.6 cm³/mol. The second kappa shape index (κ2) is 6.04. The van der Waals surface area contributed by atoms with E-state index in [1.807, 2.05) is 0 Å². The third kappa shape index (κ3) is 3.78. The number of amides is 1. The molecule has 0 bridgehead atoms. The van der Waals surface area contributed by atoms with Gasteiger partial charge in [-0.25, -0.2) is 9.37 Å². The topological polar surface area (TPSA) is 42.0 Å². The van der Waals surface area contributed by atoms with Gasteiger partial charge in [0.25, 0.3) is 5.91 Å². The molecule has 3 nitrogen and oxygen atoms in total. The van der Waals surface area contributed by atoms with E-state index in [1.165, 1.54) is 12.1 Å². The van der Waals surface area contributed by atoms with Crippen LogP contribution in [0.3, 0.4) is 0 Å². The summed E-state index contributed by atoms with van der Waals surface area (Å²) in [4.78, 5) is 16.9. The number of carbonyl (C=O) groups is 1. The van der Waals surface area contributed by atoms with E-state index >= 15 is 0 Å². The summed E-state index contributed by atoms with van der Waals surface area (Å²) in [5, 5.41) is 3.10. The minimum atomic E-state index is -0.298. The number of carbonyl (C=O) groups excluding carboxylic acids is 1. The van der Waals surface area contributed by atoms with Gasteiger partial charge in [0.05, 0.1) is 5.69 Å². The van der Waals surface area contributed by atoms with E-state index in [9.17, 15) is 9.18 Å². The average molecular weight is 377 g/mol. The van der Waals surface area contributed by atoms with Gasteiger partial charge in [-0.05, 0) is 84.9 Å². The molecule has 1 aromatic carbocycles. The van der Waals surface area contributed by atoms with Crippen molar-refractivity contribution in [1.82, 2.24) is 10.3 Å². The fourth-order valence-corrected chi connectivity index (χ4v) is 3.11. The highest BCUT2D eigenvalue weighted by Crippen LogP contribution is 2.39. The van der Waals surface area contributed by atoms with E-state index in [0.717, 1.165) is 18.4 Å². The van der Waals surface area contributed by atoms with Crippen LogP contribution < -0.4 is 5.32 Å². The second-order valence-electron chi connectivity index (χ2n) is 6.52. The molecule has 23 heavy (non-hydrogen) atoms. The van der Waals surface area contributed by atoms with Gasteiger partial charge in [-0.1, -0.05) is 0 Å². The molecule has 1 aromatic heterocycles. The molecular formula is C18H18BrFN2O. The minimum absolute atomic E-state index is 0.117. The molecule has 1 amide bonds. The molecule has 0 radical (unpaired) electrons. The molecule has 2 aromatic rings. The Labute approximate surface area is 143 Å². The minimum Gasteiger partial charge on any atom is -0.347 e. The second-order valence-corrected chi connectivity index (χ2v) is 7.33. The lowest BCUT2D eigenvalue weighted by molar-refractivity contribution is 0.0903. The van der Waals surface area contributed by atoms with E-state index in [0.29, 0.717) is 21.8 Å². The molecule has 0 unspecified atom stereocenters. The van der Waals surface area contributed by atoms with E-state index in [-0.39, 0.29) is 17.3 Å². The molecule has 3 rings (SSSR count). The normalized spacial score (nSPS) is 14.6. The Hall–Kier alpha value is -1.75. The zero-order chi connectivity index (χ0) is 16.6. The van der Waals surface area contributed by atoms with Crippen LogP contribution >= 0.6 is 15.9 Å². The highest BCUT2D eigenvalue weighted by Gasteiger charge is 2.38. The SMILES string of the molecule is CC(C)(NC(=O)c1cc(Br)nc(-c2ccc(F)cc2)c1)C1CC1. The number of benzene rings is 1. The van der Waals surface area contributed by atoms with Crippen molar-refractivity contribution >= 4 is 21.8 Å². The molecule has 0 spiro atoms. The Bertz CT molecular complexity index is 739. The van der Waals surface area contributed by atoms with Crippen molar-refractivity contribution in [3.63, 3.8) is 0 Å². The van der Waals surface area contributed by atoms with Crippen molar-refractivity contribution in [3.8, 4) is 11.3 Å². The smallest absolute Gasteiger partial charge is 0.251 e. The first-order valence-electron chi connectivity index (χ1n) is 7.61. The van der Waals surface area contributed by atoms with Gasteiger partial charge in [-0.2, -0.15) is 0 Å². The van der Waals surface area contributed by atoms with Crippen LogP contribution in [-0.4, -0.2) is 16.4 Å². The molecule has 1 fully saturated rings. The Kier molecular flexibility index (Phi) is 4.23. The molecule has 1 aliphatic carbocycles. The fourth-order valence-electron chi connectivity index (χ4n) is 2.67. The van der Waals surface area contributed by atoms with Gasteiger partial charge in [0, 0.05) is 16.7 Å². The maximum absolute atomic E-state index is 13.1. The summed E-state index contributed by atoms with van der Waals surface area (Å²) >= 11 is 3.35. The zero-order valence-electron chi connectivity index (χ0n) is 13.1. The lowest BCUT2D eigenvalue weighted by Gasteiger charge is -2.26. The van der Waals surface area contributed by atoms with Crippen LogP contribution in [0.4, 0.5) is 4.39 Å². The molecule has 1 aliphatic rings. The largest absolute Gasteiger partial charge is 0.347 e. The van der Waals surface area contributed by atoms with Crippen LogP contribution in [0.2, 0.25) is 0 Å². The van der Waals surface area contributed by atoms with E-state index < -0.39 is 0 Å². The average Bonchev–Trinajstić information content (AvgIpc) is 3.32. The molecule has 0 aliphatic heterocycles. The lowest BCUT2D eigenvalue weighted by atomic mass is 9.98. The molecule has 1 saturated carbocycles. The summed E-state index contributed by atoms with van der Waals surface area (Å²) in [5.74, 6) is 0.134. The van der Waals surface area contributed by atoms with Gasteiger partial charge < -0.3 is 5.32 Å². The maximum atomic E-state index is 13.1. The van der Waals surface area contributed by atoms with Crippen LogP contribution in [0.5, 0.6) is 0 Å². The molecule has 120 valence electrons. The van der Waals surface area contributed by atoms with Gasteiger partial charge in [0.2, 0.25) is 0 Å². The van der Waals surface area contributed by atoms with Crippen molar-refractivity contribution in [2.45, 2.75) is 32.2 Å². The Morgan fingerprint density at radius 1 is 1.26 bits per heavy atom. The number of rotatable bonds is 4. The van der Waals surface area contributed by atoms with Crippen molar-refractivity contribution < 1.29 is 9.18 Å². The summed E-state index contributed by atoms with van der Waals surface area (Å²) < 4.78 is 13.6. The third-order valence-electron chi connectivity index (χ3n) is 4.23. The monoisotopic (exact) mass is 376 g/mol. The van der Waals surface area contributed by atoms with Gasteiger partial charge >= 0.3 is 0 Å². The highest BCUT2D eigenvalue weighted by atomic mass is 79.9. The third-order valence-corrected chi connectivity index (χ3v) is 4.64. The van der Waals surface area contributed by atoms with Crippen molar-refractivity contribution in [2.75, 3.05) is 0 Å². The molecule has 1 heterocycles. The number of aromatic nitrogens is 1. The molecule has 0 atom stereocenters. The van der Waals surface area contributed by atoms with Crippen LogP contribution in [0.1, 0.15) is 37.0 Å². The first-order valence-corrected chi connectivity index (χ1v) is 8.40. The standard InChI is InChI=1S/C18H18BrFN2O/c1-18(2,13-5-6-13)22-17(23)12-9-15(21-16(19)10-12)11-3-7-14(20)8-4-11/h3-4,7-10,13H,5-6H2,1-2H3,(H,22,23). The Balaban J connectivity index is 1.88. The maximum Gasteiger partial charge on any atom is 0.251 e. The highest BCUT2D eigenvalue weighted by molar-refractivity contribution is 9.10. The predicted octanol–water partition coefficient (Wildman–Crippen LogP) is 4.57. The van der Waals surface area contributed by atoms with E-state index in [1.54, 1.807) is 24.3 Å². The summed E-state index contributed by atoms with van der Waals surface area (Å²) in [5.41, 5.74) is 1.74. The molecular weight excluding hydrogens is 359 g/mol. The number of hydrogen-bond donors (Lipinski definition) is 1. The van der Waals surface area contributed by atoms with Crippen LogP contribution in [-0.2, 0) is 0 Å². The Morgan fingerprint density at radius 3 is 2.52 bits per heavy atom. The van der Waals surface area contributed by atoms with Crippen molar-refractivity contribution in [1.29, 1.82) is 0 Å². The lowest BCUT2D eigenvalue weighted by Crippen LogP contribution is -2.45. The summed E-state index contributed by atoms with van der Waals surface area (Å²) in [6.07, 6.45) is 2.32. The molecule has 5 heteroatoms. The van der Waals surface area contributed by atoms with Gasteiger partial charge in [-0.3, -0.25) is 4.79 Å². The summed E-state index contributed by atoms with van der Waals surface area (Å²) in [7, 11) is 0. The van der Waals surface area contributed by atoms with Crippen molar-refractivity contribution in [3.05, 3.63) is 52.4 Å². The van der Waals surface area contributed by atoms with Gasteiger partial charge in [0.1, 0.15) is 10.4 Å². The van der Waals surface area contributed by atoms with Gasteiger partial charge in [0.15, 0.2) is 0 Å². The number of nitrogens with zero attached hydrogens (tertiary/aromatic N) is 1. The zero-order valence-corrected chi connectivity index (χ0v) is 14.7. The number of nitrogens with one attached hydrogen (secondary N) is 1. The molecule has 1 N–H and O–H groups in total. The van der Waals surface area contributed by atoms with Crippen LogP contribution in [0.15, 0.2) is 41.0 Å². The fraction of sp³-hybridized carbons (Fsp3) is 0.333. The van der Waals surface area contributed by atoms with Crippen LogP contribution in [0, 0.1) is 11.7 Å². The summed E-state index contributed by atoms with van der Waals surface area (Å²) in [6, 6.07) is 9.50. The Morgan fingerprint density at radius 2 is 1.91 bits per heavy atom. The first-order chi connectivity index (χ1) is 10.8.